The number of benzene rings is 2. The molecule has 220 valence electrons. The lowest BCUT2D eigenvalue weighted by atomic mass is 9.93. The Labute approximate surface area is 239 Å². The summed E-state index contributed by atoms with van der Waals surface area (Å²) in [7, 11) is -4.30. The molecule has 11 nitrogen and oxygen atoms in total. The fraction of sp³-hybridized carbons (Fsp3) is 0.357. The molecule has 3 atom stereocenters. The topological polar surface area (TPSA) is 129 Å². The third kappa shape index (κ3) is 4.76. The van der Waals surface area contributed by atoms with Gasteiger partial charge >= 0.3 is 14.4 Å². The summed E-state index contributed by atoms with van der Waals surface area (Å²) < 4.78 is 55.9. The van der Waals surface area contributed by atoms with Gasteiger partial charge < -0.3 is 19.1 Å². The number of alkyl halides is 2. The number of halogens is 2. The monoisotopic (exact) mass is 599 g/mol. The summed E-state index contributed by atoms with van der Waals surface area (Å²) in [6.45, 7) is 3.15. The van der Waals surface area contributed by atoms with Gasteiger partial charge in [0.15, 0.2) is 5.82 Å². The largest absolute Gasteiger partial charge is 0.473 e. The summed E-state index contributed by atoms with van der Waals surface area (Å²) in [6.07, 6.45) is 3.64. The second kappa shape index (κ2) is 10.2. The van der Waals surface area contributed by atoms with Gasteiger partial charge in [-0.1, -0.05) is 12.1 Å². The van der Waals surface area contributed by atoms with E-state index in [1.54, 1.807) is 50.2 Å². The van der Waals surface area contributed by atoms with Crippen LogP contribution in [-0.4, -0.2) is 43.5 Å². The van der Waals surface area contributed by atoms with Crippen molar-refractivity contribution in [3.63, 3.8) is 0 Å². The van der Waals surface area contributed by atoms with Gasteiger partial charge in [0.05, 0.1) is 35.4 Å². The van der Waals surface area contributed by atoms with E-state index in [1.165, 1.54) is 13.0 Å². The number of phosphoric acid groups is 1. The third-order valence-electron chi connectivity index (χ3n) is 7.44. The van der Waals surface area contributed by atoms with E-state index < -0.39 is 20.0 Å². The van der Waals surface area contributed by atoms with Crippen molar-refractivity contribution >= 4 is 30.5 Å². The Bertz CT molecular complexity index is 1740. The Balaban J connectivity index is 1.40. The van der Waals surface area contributed by atoms with Gasteiger partial charge in [-0.2, -0.15) is 8.78 Å². The highest BCUT2D eigenvalue weighted by atomic mass is 31.2. The number of aromatic nitrogens is 4. The summed E-state index contributed by atoms with van der Waals surface area (Å²) in [4.78, 5) is 37.9. The van der Waals surface area contributed by atoms with Gasteiger partial charge in [0.25, 0.3) is 0 Å². The predicted molar refractivity (Wildman–Crippen MR) is 148 cm³/mol. The zero-order valence-corrected chi connectivity index (χ0v) is 24.1. The molecule has 42 heavy (non-hydrogen) atoms. The van der Waals surface area contributed by atoms with Crippen molar-refractivity contribution in [2.24, 2.45) is 0 Å². The quantitative estimate of drug-likeness (QED) is 0.247. The molecular weight excluding hydrogens is 571 g/mol. The van der Waals surface area contributed by atoms with E-state index >= 15 is 0 Å². The number of phosphoric ester groups is 1. The molecule has 0 saturated carbocycles. The minimum Gasteiger partial charge on any atom is -0.434 e. The minimum absolute atomic E-state index is 0.00492. The minimum atomic E-state index is -4.30. The number of nitrogens with zero attached hydrogens (tertiary/aromatic N) is 5. The summed E-state index contributed by atoms with van der Waals surface area (Å²) in [5.41, 5.74) is 2.60. The van der Waals surface area contributed by atoms with Gasteiger partial charge in [0.1, 0.15) is 17.2 Å². The summed E-state index contributed by atoms with van der Waals surface area (Å²) in [5, 5.41) is 0. The van der Waals surface area contributed by atoms with Crippen molar-refractivity contribution in [1.82, 2.24) is 19.5 Å². The first-order chi connectivity index (χ1) is 19.9. The highest BCUT2D eigenvalue weighted by Crippen LogP contribution is 2.55. The molecule has 0 radical (unpaired) electrons. The number of hydrogen-bond donors (Lipinski definition) is 1. The van der Waals surface area contributed by atoms with Crippen LogP contribution in [0.3, 0.4) is 0 Å². The summed E-state index contributed by atoms with van der Waals surface area (Å²) in [6, 6.07) is 9.71. The Hall–Kier alpha value is -3.77. The number of anilines is 1. The van der Waals surface area contributed by atoms with Gasteiger partial charge in [-0.25, -0.2) is 19.5 Å². The van der Waals surface area contributed by atoms with Crippen molar-refractivity contribution in [3.8, 4) is 16.9 Å². The maximum Gasteiger partial charge on any atom is 0.473 e. The SMILES string of the molecule is CCOP(=O)(O)OC(C)(C)c1ncc(-c2ccc3nc4n(c3c2)[C@@H]2C[C@H]4N(C(C)=O)c3cccc(OC(F)F)c32)cn1. The standard InChI is InChI=1S/C28H28F2N5O6P/c1-5-39-42(37,38)41-28(3,4)26-31-13-17(14-32-26)16-9-10-18-20(11-16)35-21-12-22(25(35)33-18)34(15(2)36)19-7-6-8-23(24(19)21)40-27(29)30/h6-11,13-14,21-22,27H,5,12H2,1-4H3,(H,37,38)/t21-,22-/m1/s1. The molecule has 2 aliphatic heterocycles. The predicted octanol–water partition coefficient (Wildman–Crippen LogP) is 5.88. The van der Waals surface area contributed by atoms with Gasteiger partial charge in [-0.05, 0) is 50.6 Å². The van der Waals surface area contributed by atoms with Crippen LogP contribution in [0.2, 0.25) is 0 Å². The zero-order valence-electron chi connectivity index (χ0n) is 23.2. The molecule has 1 unspecified atom stereocenters. The third-order valence-corrected chi connectivity index (χ3v) is 8.71. The van der Waals surface area contributed by atoms with E-state index in [4.69, 9.17) is 18.8 Å². The highest BCUT2D eigenvalue weighted by molar-refractivity contribution is 7.47. The molecule has 2 aromatic heterocycles. The van der Waals surface area contributed by atoms with Crippen molar-refractivity contribution in [2.75, 3.05) is 11.5 Å². The van der Waals surface area contributed by atoms with Gasteiger partial charge in [0.2, 0.25) is 5.91 Å². The molecule has 2 bridgehead atoms. The summed E-state index contributed by atoms with van der Waals surface area (Å²) >= 11 is 0. The normalized spacial score (nSPS) is 19.1. The average Bonchev–Trinajstić information content (AvgIpc) is 3.43. The lowest BCUT2D eigenvalue weighted by Gasteiger charge is -2.34. The Kier molecular flexibility index (Phi) is 6.88. The van der Waals surface area contributed by atoms with Crippen LogP contribution in [0.5, 0.6) is 5.75 Å². The van der Waals surface area contributed by atoms with Crippen LogP contribution in [0.4, 0.5) is 14.5 Å². The van der Waals surface area contributed by atoms with E-state index in [0.717, 1.165) is 11.1 Å². The lowest BCUT2D eigenvalue weighted by molar-refractivity contribution is -0.117. The molecule has 1 N–H and O–H groups in total. The fourth-order valence-corrected chi connectivity index (χ4v) is 6.92. The van der Waals surface area contributed by atoms with Crippen LogP contribution < -0.4 is 9.64 Å². The number of fused-ring (bicyclic) bond motifs is 9. The molecule has 0 aliphatic carbocycles. The fourth-order valence-electron chi connectivity index (χ4n) is 5.88. The number of carbonyl (C=O) groups excluding carboxylic acids is 1. The van der Waals surface area contributed by atoms with Crippen molar-refractivity contribution < 1.29 is 36.8 Å². The van der Waals surface area contributed by atoms with Gasteiger partial charge in [0, 0.05) is 36.9 Å². The van der Waals surface area contributed by atoms with E-state index in [-0.39, 0.29) is 36.2 Å². The number of rotatable bonds is 8. The van der Waals surface area contributed by atoms with Crippen molar-refractivity contribution in [1.29, 1.82) is 0 Å². The van der Waals surface area contributed by atoms with E-state index in [2.05, 4.69) is 9.97 Å². The first-order valence-corrected chi connectivity index (χ1v) is 14.8. The van der Waals surface area contributed by atoms with Gasteiger partial charge in [-0.3, -0.25) is 13.8 Å². The number of carbonyl (C=O) groups is 1. The van der Waals surface area contributed by atoms with E-state index in [0.29, 0.717) is 34.6 Å². The van der Waals surface area contributed by atoms with Crippen LogP contribution >= 0.6 is 7.82 Å². The maximum absolute atomic E-state index is 13.4. The number of hydrogen-bond acceptors (Lipinski definition) is 8. The lowest BCUT2D eigenvalue weighted by Crippen LogP contribution is -2.35. The molecule has 4 aromatic rings. The summed E-state index contributed by atoms with van der Waals surface area (Å²) in [5.74, 6) is 0.647. The molecule has 2 aromatic carbocycles. The molecule has 0 saturated heterocycles. The Morgan fingerprint density at radius 2 is 1.90 bits per heavy atom. The molecule has 6 rings (SSSR count). The number of ether oxygens (including phenoxy) is 1. The number of imidazole rings is 1. The molecule has 2 aliphatic rings. The molecular formula is C28H28F2N5O6P. The van der Waals surface area contributed by atoms with E-state index in [9.17, 15) is 23.0 Å². The Morgan fingerprint density at radius 1 is 1.17 bits per heavy atom. The highest BCUT2D eigenvalue weighted by Gasteiger charge is 2.47. The van der Waals surface area contributed by atoms with Crippen LogP contribution in [0.25, 0.3) is 22.2 Å². The molecule has 0 spiro atoms. The maximum atomic E-state index is 13.4. The van der Waals surface area contributed by atoms with Crippen LogP contribution in [0, 0.1) is 0 Å². The van der Waals surface area contributed by atoms with Crippen molar-refractivity contribution in [3.05, 3.63) is 66.0 Å². The zero-order chi connectivity index (χ0) is 30.0. The van der Waals surface area contributed by atoms with Crippen molar-refractivity contribution in [2.45, 2.75) is 58.4 Å². The second-order valence-corrected chi connectivity index (χ2v) is 11.9. The molecule has 1 amide bonds. The number of amides is 1. The smallest absolute Gasteiger partial charge is 0.434 e. The second-order valence-electron chi connectivity index (χ2n) is 10.6. The molecule has 14 heteroatoms. The van der Waals surface area contributed by atoms with Crippen LogP contribution in [-0.2, 0) is 24.0 Å². The average molecular weight is 600 g/mol. The van der Waals surface area contributed by atoms with E-state index in [1.807, 2.05) is 22.8 Å². The van der Waals surface area contributed by atoms with Crippen LogP contribution in [0.15, 0.2) is 48.8 Å². The first-order valence-electron chi connectivity index (χ1n) is 13.3. The first kappa shape index (κ1) is 28.4. The molecule has 4 heterocycles. The van der Waals surface area contributed by atoms with Gasteiger partial charge in [-0.15, -0.1) is 0 Å². The molecule has 0 fully saturated rings. The Morgan fingerprint density at radius 3 is 2.57 bits per heavy atom. The van der Waals surface area contributed by atoms with Crippen LogP contribution in [0.1, 0.15) is 63.4 Å².